The van der Waals surface area contributed by atoms with Crippen molar-refractivity contribution in [3.8, 4) is 5.75 Å². The van der Waals surface area contributed by atoms with Gasteiger partial charge in [0.05, 0.1) is 17.8 Å². The molecule has 1 heterocycles. The van der Waals surface area contributed by atoms with Crippen LogP contribution in [0.3, 0.4) is 0 Å². The number of amides is 2. The van der Waals surface area contributed by atoms with E-state index in [4.69, 9.17) is 9.47 Å². The predicted molar refractivity (Wildman–Crippen MR) is 188 cm³/mol. The number of esters is 1. The molecule has 0 radical (unpaired) electrons. The van der Waals surface area contributed by atoms with Gasteiger partial charge in [-0.3, -0.25) is 9.59 Å². The molecule has 1 aromatic carbocycles. The second-order valence-corrected chi connectivity index (χ2v) is 16.7. The molecule has 5 N–H and O–H groups in total. The summed E-state index contributed by atoms with van der Waals surface area (Å²) in [7, 11) is 0. The van der Waals surface area contributed by atoms with Crippen LogP contribution in [-0.2, 0) is 30.3 Å². The summed E-state index contributed by atoms with van der Waals surface area (Å²) >= 11 is 0. The van der Waals surface area contributed by atoms with Crippen molar-refractivity contribution in [3.63, 3.8) is 0 Å². The van der Waals surface area contributed by atoms with Gasteiger partial charge in [-0.05, 0) is 117 Å². The SMILES string of the molecule is C[C@]12[C@H](O)CC3[C@@]4(C)CC[C@H](OCC(=O)NCCCCCC(=O)NCCc5ccc(O)cc5)C[C@H]4CC[C@@]3(C)[C@@]1(O)CC[C@@H]2C1=CC(=O)OC1. The summed E-state index contributed by atoms with van der Waals surface area (Å²) in [6, 6.07) is 6.99. The van der Waals surface area contributed by atoms with Crippen LogP contribution < -0.4 is 10.6 Å². The maximum absolute atomic E-state index is 12.7. The zero-order valence-corrected chi connectivity index (χ0v) is 30.2. The van der Waals surface area contributed by atoms with Crippen LogP contribution in [0, 0.1) is 34.0 Å². The highest BCUT2D eigenvalue weighted by Crippen LogP contribution is 2.74. The second-order valence-electron chi connectivity index (χ2n) is 16.7. The molecule has 1 unspecified atom stereocenters. The second kappa shape index (κ2) is 14.6. The van der Waals surface area contributed by atoms with Crippen molar-refractivity contribution in [3.05, 3.63) is 41.5 Å². The highest BCUT2D eigenvalue weighted by Gasteiger charge is 2.75. The number of nitrogens with one attached hydrogen (secondary N) is 2. The summed E-state index contributed by atoms with van der Waals surface area (Å²) in [4.78, 5) is 36.7. The molecule has 9 atom stereocenters. The lowest BCUT2D eigenvalue weighted by Gasteiger charge is -2.69. The fraction of sp³-hybridized carbons (Fsp3) is 0.725. The third-order valence-electron chi connectivity index (χ3n) is 14.2. The summed E-state index contributed by atoms with van der Waals surface area (Å²) in [5, 5.41) is 39.8. The molecular formula is C40H58N2O8. The van der Waals surface area contributed by atoms with Gasteiger partial charge in [0, 0.05) is 36.4 Å². The van der Waals surface area contributed by atoms with Gasteiger partial charge < -0.3 is 35.4 Å². The fourth-order valence-corrected chi connectivity index (χ4v) is 11.2. The minimum absolute atomic E-state index is 0.0142. The molecule has 4 aliphatic carbocycles. The van der Waals surface area contributed by atoms with Gasteiger partial charge in [0.15, 0.2) is 0 Å². The zero-order valence-electron chi connectivity index (χ0n) is 30.2. The molecule has 0 saturated heterocycles. The number of phenols is 1. The molecule has 10 heteroatoms. The van der Waals surface area contributed by atoms with E-state index in [2.05, 4.69) is 24.5 Å². The first-order chi connectivity index (χ1) is 23.8. The molecule has 0 spiro atoms. The first-order valence-corrected chi connectivity index (χ1v) is 19.0. The molecule has 10 nitrogen and oxygen atoms in total. The number of carbonyl (C=O) groups excluding carboxylic acids is 3. The summed E-state index contributed by atoms with van der Waals surface area (Å²) in [5.41, 5.74) is -0.194. The Labute approximate surface area is 296 Å². The van der Waals surface area contributed by atoms with E-state index < -0.39 is 17.1 Å². The predicted octanol–water partition coefficient (Wildman–Crippen LogP) is 4.73. The monoisotopic (exact) mass is 694 g/mol. The fourth-order valence-electron chi connectivity index (χ4n) is 11.2. The van der Waals surface area contributed by atoms with Crippen LogP contribution in [-0.4, -0.2) is 77.2 Å². The van der Waals surface area contributed by atoms with Crippen LogP contribution in [0.5, 0.6) is 5.75 Å². The Hall–Kier alpha value is -2.95. The molecular weight excluding hydrogens is 636 g/mol. The summed E-state index contributed by atoms with van der Waals surface area (Å²) < 4.78 is 11.4. The van der Waals surface area contributed by atoms with E-state index in [1.807, 2.05) is 19.1 Å². The largest absolute Gasteiger partial charge is 0.508 e. The lowest BCUT2D eigenvalue weighted by molar-refractivity contribution is -0.286. The number of aliphatic hydroxyl groups is 2. The number of unbranched alkanes of at least 4 members (excludes halogenated alkanes) is 2. The number of carbonyl (C=O) groups is 3. The van der Waals surface area contributed by atoms with Gasteiger partial charge in [-0.15, -0.1) is 0 Å². The lowest BCUT2D eigenvalue weighted by Crippen LogP contribution is -2.71. The number of aliphatic hydroxyl groups excluding tert-OH is 1. The summed E-state index contributed by atoms with van der Waals surface area (Å²) in [6.07, 6.45) is 11.0. The maximum atomic E-state index is 12.7. The Morgan fingerprint density at radius 3 is 2.44 bits per heavy atom. The third-order valence-corrected chi connectivity index (χ3v) is 14.2. The van der Waals surface area contributed by atoms with Crippen molar-refractivity contribution in [2.24, 2.45) is 34.0 Å². The van der Waals surface area contributed by atoms with Crippen molar-refractivity contribution in [1.29, 1.82) is 0 Å². The number of aromatic hydroxyl groups is 1. The van der Waals surface area contributed by atoms with Crippen molar-refractivity contribution in [2.75, 3.05) is 26.3 Å². The first kappa shape index (κ1) is 36.8. The van der Waals surface area contributed by atoms with Gasteiger partial charge in [0.25, 0.3) is 0 Å². The van der Waals surface area contributed by atoms with E-state index in [0.717, 1.165) is 75.3 Å². The molecule has 276 valence electrons. The van der Waals surface area contributed by atoms with E-state index in [0.29, 0.717) is 38.3 Å². The number of ether oxygens (including phenoxy) is 2. The average molecular weight is 695 g/mol. The lowest BCUT2D eigenvalue weighted by atomic mass is 9.37. The van der Waals surface area contributed by atoms with Gasteiger partial charge in [-0.2, -0.15) is 0 Å². The zero-order chi connectivity index (χ0) is 35.7. The Morgan fingerprint density at radius 2 is 1.70 bits per heavy atom. The van der Waals surface area contributed by atoms with Gasteiger partial charge in [0.1, 0.15) is 19.0 Å². The van der Waals surface area contributed by atoms with E-state index in [9.17, 15) is 29.7 Å². The molecule has 1 aromatic rings. The molecule has 50 heavy (non-hydrogen) atoms. The average Bonchev–Trinajstić information content (AvgIpc) is 3.64. The number of phenolic OH excluding ortho intramolecular Hbond substituents is 1. The Balaban J connectivity index is 0.912. The summed E-state index contributed by atoms with van der Waals surface area (Å²) in [5.74, 6) is 0.306. The molecule has 2 amide bonds. The number of hydrogen-bond acceptors (Lipinski definition) is 8. The van der Waals surface area contributed by atoms with E-state index in [-0.39, 0.29) is 65.5 Å². The van der Waals surface area contributed by atoms with Crippen molar-refractivity contribution < 1.29 is 39.2 Å². The normalized spacial score (nSPS) is 37.6. The van der Waals surface area contributed by atoms with Crippen molar-refractivity contribution in [1.82, 2.24) is 10.6 Å². The Kier molecular flexibility index (Phi) is 10.7. The number of cyclic esters (lactones) is 1. The van der Waals surface area contributed by atoms with Crippen LogP contribution >= 0.6 is 0 Å². The van der Waals surface area contributed by atoms with Crippen LogP contribution in [0.2, 0.25) is 0 Å². The van der Waals surface area contributed by atoms with Crippen LogP contribution in [0.25, 0.3) is 0 Å². The van der Waals surface area contributed by atoms with Gasteiger partial charge in [-0.1, -0.05) is 39.3 Å². The van der Waals surface area contributed by atoms with Crippen molar-refractivity contribution in [2.45, 2.75) is 122 Å². The van der Waals surface area contributed by atoms with Crippen molar-refractivity contribution >= 4 is 17.8 Å². The number of hydrogen-bond donors (Lipinski definition) is 5. The minimum Gasteiger partial charge on any atom is -0.508 e. The quantitative estimate of drug-likeness (QED) is 0.147. The highest BCUT2D eigenvalue weighted by atomic mass is 16.5. The summed E-state index contributed by atoms with van der Waals surface area (Å²) in [6.45, 7) is 8.09. The number of rotatable bonds is 13. The number of fused-ring (bicyclic) bond motifs is 5. The van der Waals surface area contributed by atoms with Gasteiger partial charge >= 0.3 is 5.97 Å². The molecule has 6 rings (SSSR count). The van der Waals surface area contributed by atoms with Gasteiger partial charge in [-0.25, -0.2) is 4.79 Å². The topological polar surface area (TPSA) is 154 Å². The molecule has 0 bridgehead atoms. The molecule has 0 aromatic heterocycles. The van der Waals surface area contributed by atoms with E-state index in [1.165, 1.54) is 0 Å². The molecule has 1 aliphatic heterocycles. The number of benzene rings is 1. The Morgan fingerprint density at radius 1 is 0.940 bits per heavy atom. The van der Waals surface area contributed by atoms with Gasteiger partial charge in [0.2, 0.25) is 11.8 Å². The molecule has 4 saturated carbocycles. The van der Waals surface area contributed by atoms with Crippen LogP contribution in [0.4, 0.5) is 0 Å². The standard InChI is InChI=1S/C40H58N2O8/c1-37-16-13-30(49-25-35(46)41-19-6-4-5-7-34(45)42-20-15-26-8-10-29(43)11-9-26)22-28(37)12-17-38(2)32(37)23-33(44)39(3)31(14-18-40(38,39)48)27-21-36(47)50-24-27/h8-11,21,28,30-33,43-44,48H,4-7,12-20,22-25H2,1-3H3,(H,41,46)(H,42,45)/t28-,30+,31-,32?,33-,37+,38-,39+,40+/m1/s1. The third kappa shape index (κ3) is 6.72. The molecule has 4 fully saturated rings. The maximum Gasteiger partial charge on any atom is 0.331 e. The van der Waals surface area contributed by atoms with Crippen LogP contribution in [0.1, 0.15) is 103 Å². The minimum atomic E-state index is -1.04. The Bertz CT molecular complexity index is 1450. The highest BCUT2D eigenvalue weighted by molar-refractivity contribution is 5.85. The smallest absolute Gasteiger partial charge is 0.331 e. The first-order valence-electron chi connectivity index (χ1n) is 19.0. The molecule has 5 aliphatic rings. The van der Waals surface area contributed by atoms with E-state index in [1.54, 1.807) is 18.2 Å². The van der Waals surface area contributed by atoms with E-state index >= 15 is 0 Å². The van der Waals surface area contributed by atoms with Crippen LogP contribution in [0.15, 0.2) is 35.9 Å².